The summed E-state index contributed by atoms with van der Waals surface area (Å²) in [4.78, 5) is 31.3. The summed E-state index contributed by atoms with van der Waals surface area (Å²) in [6, 6.07) is 19.6. The number of unbranched alkanes of at least 4 members (excludes halogenated alkanes) is 1. The minimum Gasteiger partial charge on any atom is -0.392 e. The van der Waals surface area contributed by atoms with Gasteiger partial charge >= 0.3 is 0 Å². The molecule has 36 heavy (non-hydrogen) atoms. The highest BCUT2D eigenvalue weighted by Gasteiger charge is 2.37. The molecule has 1 heterocycles. The Labute approximate surface area is 215 Å². The smallest absolute Gasteiger partial charge is 0.246 e. The van der Waals surface area contributed by atoms with Gasteiger partial charge in [0.2, 0.25) is 11.8 Å². The number of nitrogens with zero attached hydrogens (tertiary/aromatic N) is 2. The third-order valence-corrected chi connectivity index (χ3v) is 7.46. The lowest BCUT2D eigenvalue weighted by Gasteiger charge is -2.28. The van der Waals surface area contributed by atoms with Gasteiger partial charge in [0, 0.05) is 32.7 Å². The van der Waals surface area contributed by atoms with E-state index in [-0.39, 0.29) is 11.8 Å². The van der Waals surface area contributed by atoms with Gasteiger partial charge in [-0.15, -0.1) is 0 Å². The number of hydrogen-bond acceptors (Lipinski definition) is 4. The van der Waals surface area contributed by atoms with E-state index in [9.17, 15) is 14.7 Å². The van der Waals surface area contributed by atoms with Gasteiger partial charge in [0.1, 0.15) is 6.04 Å². The van der Waals surface area contributed by atoms with Crippen LogP contribution in [-0.4, -0.2) is 58.5 Å². The number of aliphatic hydroxyl groups is 1. The number of aliphatic hydroxyl groups excluding tert-OH is 1. The third-order valence-electron chi connectivity index (χ3n) is 7.46. The molecule has 0 spiro atoms. The van der Waals surface area contributed by atoms with Crippen molar-refractivity contribution in [2.75, 3.05) is 19.6 Å². The SMILES string of the molecule is CCCCC(O)C(CC1CC1)C(=O)NC1CN(Cc2ccccc2)CCN(Cc2ccccc2)C1=O. The summed E-state index contributed by atoms with van der Waals surface area (Å²) >= 11 is 0. The molecule has 3 unspecified atom stereocenters. The van der Waals surface area contributed by atoms with Crippen molar-refractivity contribution in [3.05, 3.63) is 71.8 Å². The average Bonchev–Trinajstić information content (AvgIpc) is 3.73. The molecule has 6 nitrogen and oxygen atoms in total. The van der Waals surface area contributed by atoms with E-state index in [1.807, 2.05) is 53.4 Å². The molecule has 1 saturated heterocycles. The van der Waals surface area contributed by atoms with Crippen molar-refractivity contribution in [1.82, 2.24) is 15.1 Å². The fourth-order valence-corrected chi connectivity index (χ4v) is 5.12. The summed E-state index contributed by atoms with van der Waals surface area (Å²) in [6.07, 6.45) is 4.81. The second kappa shape index (κ2) is 13.0. The van der Waals surface area contributed by atoms with E-state index in [0.717, 1.165) is 44.3 Å². The van der Waals surface area contributed by atoms with Crippen LogP contribution in [0, 0.1) is 11.8 Å². The molecule has 3 atom stereocenters. The summed E-state index contributed by atoms with van der Waals surface area (Å²) in [5.74, 6) is -0.155. The molecule has 0 bridgehead atoms. The highest BCUT2D eigenvalue weighted by atomic mass is 16.3. The van der Waals surface area contributed by atoms with Crippen molar-refractivity contribution in [3.8, 4) is 0 Å². The molecule has 2 fully saturated rings. The largest absolute Gasteiger partial charge is 0.392 e. The van der Waals surface area contributed by atoms with Crippen molar-refractivity contribution in [1.29, 1.82) is 0 Å². The molecular formula is C30H41N3O3. The maximum Gasteiger partial charge on any atom is 0.246 e. The van der Waals surface area contributed by atoms with Gasteiger partial charge in [-0.1, -0.05) is 93.3 Å². The summed E-state index contributed by atoms with van der Waals surface area (Å²) < 4.78 is 0. The molecule has 2 aliphatic rings. The summed E-state index contributed by atoms with van der Waals surface area (Å²) in [7, 11) is 0. The van der Waals surface area contributed by atoms with E-state index in [1.54, 1.807) is 0 Å². The van der Waals surface area contributed by atoms with Gasteiger partial charge in [-0.05, 0) is 29.9 Å². The first-order valence-corrected chi connectivity index (χ1v) is 13.6. The Hall–Kier alpha value is -2.70. The molecule has 1 aliphatic heterocycles. The maximum atomic E-state index is 13.7. The zero-order valence-electron chi connectivity index (χ0n) is 21.5. The van der Waals surface area contributed by atoms with Crippen LogP contribution in [0.1, 0.15) is 56.6 Å². The van der Waals surface area contributed by atoms with Crippen LogP contribution in [0.2, 0.25) is 0 Å². The van der Waals surface area contributed by atoms with Crippen molar-refractivity contribution in [3.63, 3.8) is 0 Å². The zero-order chi connectivity index (χ0) is 25.3. The lowest BCUT2D eigenvalue weighted by molar-refractivity contribution is -0.138. The van der Waals surface area contributed by atoms with E-state index in [2.05, 4.69) is 29.3 Å². The normalized spacial score (nSPS) is 20.6. The molecule has 2 amide bonds. The third kappa shape index (κ3) is 7.65. The zero-order valence-corrected chi connectivity index (χ0v) is 21.5. The van der Waals surface area contributed by atoms with Gasteiger partial charge < -0.3 is 15.3 Å². The van der Waals surface area contributed by atoms with Crippen molar-refractivity contribution >= 4 is 11.8 Å². The van der Waals surface area contributed by atoms with E-state index in [4.69, 9.17) is 0 Å². The first kappa shape index (κ1) is 26.4. The molecule has 4 rings (SSSR count). The number of benzene rings is 2. The molecule has 2 aromatic rings. The predicted molar refractivity (Wildman–Crippen MR) is 142 cm³/mol. The van der Waals surface area contributed by atoms with Gasteiger partial charge in [-0.2, -0.15) is 0 Å². The summed E-state index contributed by atoms with van der Waals surface area (Å²) in [6.45, 7) is 5.16. The van der Waals surface area contributed by atoms with Crippen LogP contribution in [0.3, 0.4) is 0 Å². The Balaban J connectivity index is 1.50. The van der Waals surface area contributed by atoms with Crippen LogP contribution in [-0.2, 0) is 22.7 Å². The van der Waals surface area contributed by atoms with Crippen LogP contribution in [0.5, 0.6) is 0 Å². The van der Waals surface area contributed by atoms with Crippen LogP contribution in [0.25, 0.3) is 0 Å². The first-order valence-electron chi connectivity index (χ1n) is 13.6. The highest BCUT2D eigenvalue weighted by Crippen LogP contribution is 2.37. The highest BCUT2D eigenvalue weighted by molar-refractivity contribution is 5.89. The first-order chi connectivity index (χ1) is 17.5. The fraction of sp³-hybridized carbons (Fsp3) is 0.533. The van der Waals surface area contributed by atoms with Gasteiger partial charge in [0.25, 0.3) is 0 Å². The summed E-state index contributed by atoms with van der Waals surface area (Å²) in [5, 5.41) is 14.0. The van der Waals surface area contributed by atoms with E-state index < -0.39 is 18.1 Å². The average molecular weight is 492 g/mol. The Morgan fingerprint density at radius 3 is 2.25 bits per heavy atom. The minimum atomic E-state index is -0.660. The van der Waals surface area contributed by atoms with Crippen LogP contribution in [0.15, 0.2) is 60.7 Å². The van der Waals surface area contributed by atoms with Crippen molar-refractivity contribution in [2.24, 2.45) is 11.8 Å². The number of rotatable bonds is 12. The quantitative estimate of drug-likeness (QED) is 0.471. The van der Waals surface area contributed by atoms with E-state index >= 15 is 0 Å². The Morgan fingerprint density at radius 2 is 1.64 bits per heavy atom. The van der Waals surface area contributed by atoms with Gasteiger partial charge in [0.15, 0.2) is 0 Å². The Kier molecular flexibility index (Phi) is 9.54. The van der Waals surface area contributed by atoms with Crippen LogP contribution in [0.4, 0.5) is 0 Å². The number of carbonyl (C=O) groups is 2. The van der Waals surface area contributed by atoms with Gasteiger partial charge in [-0.25, -0.2) is 0 Å². The number of hydrogen-bond donors (Lipinski definition) is 2. The molecular weight excluding hydrogens is 450 g/mol. The van der Waals surface area contributed by atoms with Crippen molar-refractivity contribution < 1.29 is 14.7 Å². The molecule has 2 N–H and O–H groups in total. The lowest BCUT2D eigenvalue weighted by atomic mass is 9.91. The standard InChI is InChI=1S/C30H41N3O3/c1-2-3-14-28(34)26(19-23-15-16-23)29(35)31-27-22-32(20-24-10-6-4-7-11-24)17-18-33(30(27)36)21-25-12-8-5-9-13-25/h4-13,23,26-28,34H,2-3,14-22H2,1H3,(H,31,35). The second-order valence-corrected chi connectivity index (χ2v) is 10.5. The number of amides is 2. The Morgan fingerprint density at radius 1 is 1.00 bits per heavy atom. The summed E-state index contributed by atoms with van der Waals surface area (Å²) in [5.41, 5.74) is 2.27. The topological polar surface area (TPSA) is 72.9 Å². The van der Waals surface area contributed by atoms with E-state index in [1.165, 1.54) is 5.56 Å². The molecule has 2 aromatic carbocycles. The number of nitrogens with one attached hydrogen (secondary N) is 1. The van der Waals surface area contributed by atoms with Gasteiger partial charge in [-0.3, -0.25) is 14.5 Å². The van der Waals surface area contributed by atoms with Crippen molar-refractivity contribution in [2.45, 2.75) is 70.7 Å². The molecule has 1 saturated carbocycles. The minimum absolute atomic E-state index is 0.0454. The van der Waals surface area contributed by atoms with E-state index in [0.29, 0.717) is 38.4 Å². The predicted octanol–water partition coefficient (Wildman–Crippen LogP) is 3.98. The monoisotopic (exact) mass is 491 g/mol. The molecule has 6 heteroatoms. The lowest BCUT2D eigenvalue weighted by Crippen LogP contribution is -2.53. The number of carbonyl (C=O) groups excluding carboxylic acids is 2. The molecule has 194 valence electrons. The Bertz CT molecular complexity index is 964. The van der Waals surface area contributed by atoms with Gasteiger partial charge in [0.05, 0.1) is 12.0 Å². The fourth-order valence-electron chi connectivity index (χ4n) is 5.12. The molecule has 0 aromatic heterocycles. The second-order valence-electron chi connectivity index (χ2n) is 10.5. The molecule has 1 aliphatic carbocycles. The maximum absolute atomic E-state index is 13.7. The van der Waals surface area contributed by atoms with Crippen LogP contribution >= 0.6 is 0 Å². The molecule has 0 radical (unpaired) electrons. The van der Waals surface area contributed by atoms with Crippen LogP contribution < -0.4 is 5.32 Å².